The highest BCUT2D eigenvalue weighted by atomic mass is 32.1. The van der Waals surface area contributed by atoms with Crippen molar-refractivity contribution < 1.29 is 0 Å². The van der Waals surface area contributed by atoms with Crippen molar-refractivity contribution >= 4 is 50.1 Å². The fraction of sp³-hybridized carbons (Fsp3) is 0.235. The molecule has 0 saturated carbocycles. The van der Waals surface area contributed by atoms with Gasteiger partial charge in [-0.05, 0) is 37.4 Å². The van der Waals surface area contributed by atoms with Crippen LogP contribution in [0.5, 0.6) is 0 Å². The van der Waals surface area contributed by atoms with Crippen molar-refractivity contribution in [2.45, 2.75) is 6.54 Å². The molecule has 5 nitrogen and oxygen atoms in total. The number of aromatic nitrogens is 2. The van der Waals surface area contributed by atoms with Crippen molar-refractivity contribution in [3.05, 3.63) is 34.8 Å². The molecule has 0 saturated heterocycles. The minimum absolute atomic E-state index is 0.502. The van der Waals surface area contributed by atoms with Crippen LogP contribution in [0.4, 0.5) is 5.82 Å². The van der Waals surface area contributed by atoms with E-state index in [1.54, 1.807) is 11.3 Å². The van der Waals surface area contributed by atoms with Crippen molar-refractivity contribution in [3.63, 3.8) is 0 Å². The lowest BCUT2D eigenvalue weighted by molar-refractivity contribution is 0.402. The number of nitrogens with two attached hydrogens (primary N) is 1. The Morgan fingerprint density at radius 2 is 2.13 bits per heavy atom. The summed E-state index contributed by atoms with van der Waals surface area (Å²) in [7, 11) is 4.07. The number of benzene rings is 1. The molecule has 2 aromatic heterocycles. The largest absolute Gasteiger partial charge is 0.382 e. The van der Waals surface area contributed by atoms with E-state index < -0.39 is 0 Å². The molecule has 0 radical (unpaired) electrons. The zero-order chi connectivity index (χ0) is 16.0. The topological polar surface area (TPSA) is 67.4 Å². The maximum absolute atomic E-state index is 6.15. The van der Waals surface area contributed by atoms with E-state index in [-0.39, 0.29) is 0 Å². The molecular formula is C17H17N5S. The molecule has 0 spiro atoms. The van der Waals surface area contributed by atoms with Crippen LogP contribution >= 0.6 is 11.3 Å². The Labute approximate surface area is 138 Å². The molecule has 1 aromatic carbocycles. The Morgan fingerprint density at radius 3 is 2.87 bits per heavy atom. The van der Waals surface area contributed by atoms with Gasteiger partial charge in [-0.1, -0.05) is 12.1 Å². The number of allylic oxidation sites excluding steroid dienone is 1. The lowest BCUT2D eigenvalue weighted by Crippen LogP contribution is -2.10. The van der Waals surface area contributed by atoms with E-state index in [2.05, 4.69) is 38.1 Å². The standard InChI is InChI=1S/C17H17N5S/c1-22(2)9-14-21-15-16(23-14)12-4-3-10(11-5-6-19-8-11)7-13(12)20-17(15)18/h3-7H,8-9H2,1-2H3,(H2,18,20). The van der Waals surface area contributed by atoms with Gasteiger partial charge in [-0.2, -0.15) is 0 Å². The minimum Gasteiger partial charge on any atom is -0.382 e. The monoisotopic (exact) mass is 323 g/mol. The van der Waals surface area contributed by atoms with Gasteiger partial charge in [-0.25, -0.2) is 9.97 Å². The van der Waals surface area contributed by atoms with Crippen molar-refractivity contribution in [2.75, 3.05) is 26.4 Å². The molecule has 0 fully saturated rings. The molecule has 23 heavy (non-hydrogen) atoms. The molecule has 1 aliphatic heterocycles. The highest BCUT2D eigenvalue weighted by Crippen LogP contribution is 2.34. The molecule has 116 valence electrons. The summed E-state index contributed by atoms with van der Waals surface area (Å²) < 4.78 is 1.12. The van der Waals surface area contributed by atoms with Gasteiger partial charge in [0, 0.05) is 18.1 Å². The average molecular weight is 323 g/mol. The molecule has 3 aromatic rings. The predicted molar refractivity (Wildman–Crippen MR) is 98.1 cm³/mol. The molecule has 1 aliphatic rings. The lowest BCUT2D eigenvalue weighted by atomic mass is 10.0. The number of aliphatic imine (C=N–C) groups is 1. The summed E-state index contributed by atoms with van der Waals surface area (Å²) in [6.07, 6.45) is 3.90. The van der Waals surface area contributed by atoms with Gasteiger partial charge in [-0.15, -0.1) is 11.3 Å². The summed E-state index contributed by atoms with van der Waals surface area (Å²) in [4.78, 5) is 15.6. The van der Waals surface area contributed by atoms with Crippen LogP contribution in [0.2, 0.25) is 0 Å². The Kier molecular flexibility index (Phi) is 3.36. The average Bonchev–Trinajstić information content (AvgIpc) is 3.15. The molecule has 4 rings (SSSR count). The van der Waals surface area contributed by atoms with E-state index in [9.17, 15) is 0 Å². The molecule has 0 atom stereocenters. The first-order valence-electron chi connectivity index (χ1n) is 7.44. The summed E-state index contributed by atoms with van der Waals surface area (Å²) in [6.45, 7) is 1.54. The first-order valence-corrected chi connectivity index (χ1v) is 8.26. The fourth-order valence-corrected chi connectivity index (χ4v) is 4.02. The predicted octanol–water partition coefficient (Wildman–Crippen LogP) is 2.96. The maximum Gasteiger partial charge on any atom is 0.151 e. The van der Waals surface area contributed by atoms with E-state index in [1.165, 1.54) is 5.57 Å². The van der Waals surface area contributed by atoms with Crippen LogP contribution in [0.3, 0.4) is 0 Å². The third-order valence-corrected chi connectivity index (χ3v) is 4.94. The van der Waals surface area contributed by atoms with Crippen LogP contribution in [0, 0.1) is 0 Å². The van der Waals surface area contributed by atoms with Crippen molar-refractivity contribution in [1.82, 2.24) is 14.9 Å². The quantitative estimate of drug-likeness (QED) is 0.804. The molecule has 3 heterocycles. The summed E-state index contributed by atoms with van der Waals surface area (Å²) in [5, 5.41) is 2.17. The van der Waals surface area contributed by atoms with Crippen molar-refractivity contribution in [3.8, 4) is 0 Å². The van der Waals surface area contributed by atoms with E-state index >= 15 is 0 Å². The summed E-state index contributed by atoms with van der Waals surface area (Å²) in [5.74, 6) is 0.502. The summed E-state index contributed by atoms with van der Waals surface area (Å²) in [6, 6.07) is 6.35. The smallest absolute Gasteiger partial charge is 0.151 e. The number of pyridine rings is 1. The number of anilines is 1. The fourth-order valence-electron chi connectivity index (χ4n) is 2.79. The highest BCUT2D eigenvalue weighted by Gasteiger charge is 2.14. The third kappa shape index (κ3) is 2.50. The van der Waals surface area contributed by atoms with Crippen LogP contribution < -0.4 is 5.73 Å². The second-order valence-corrected chi connectivity index (χ2v) is 7.02. The maximum atomic E-state index is 6.15. The van der Waals surface area contributed by atoms with Crippen LogP contribution in [-0.2, 0) is 6.54 Å². The first kappa shape index (κ1) is 14.3. The first-order chi connectivity index (χ1) is 11.1. The Morgan fingerprint density at radius 1 is 1.26 bits per heavy atom. The second kappa shape index (κ2) is 5.40. The van der Waals surface area contributed by atoms with Gasteiger partial charge in [0.25, 0.3) is 0 Å². The van der Waals surface area contributed by atoms with Gasteiger partial charge >= 0.3 is 0 Å². The molecule has 0 bridgehead atoms. The zero-order valence-electron chi connectivity index (χ0n) is 13.1. The van der Waals surface area contributed by atoms with Gasteiger partial charge in [-0.3, -0.25) is 4.99 Å². The van der Waals surface area contributed by atoms with E-state index in [0.29, 0.717) is 5.82 Å². The van der Waals surface area contributed by atoms with Crippen LogP contribution in [-0.4, -0.2) is 41.7 Å². The molecule has 6 heteroatoms. The van der Waals surface area contributed by atoms with Gasteiger partial charge in [0.1, 0.15) is 10.5 Å². The Hall–Kier alpha value is -2.31. The molecule has 2 N–H and O–H groups in total. The van der Waals surface area contributed by atoms with E-state index in [0.717, 1.165) is 44.8 Å². The molecule has 0 aliphatic carbocycles. The van der Waals surface area contributed by atoms with Crippen molar-refractivity contribution in [1.29, 1.82) is 0 Å². The summed E-state index contributed by atoms with van der Waals surface area (Å²) >= 11 is 1.70. The molecular weight excluding hydrogens is 306 g/mol. The van der Waals surface area contributed by atoms with Gasteiger partial charge in [0.05, 0.1) is 16.8 Å². The Balaban J connectivity index is 1.89. The number of hydrogen-bond donors (Lipinski definition) is 1. The third-order valence-electron chi connectivity index (χ3n) is 3.86. The van der Waals surface area contributed by atoms with Gasteiger partial charge in [0.15, 0.2) is 5.82 Å². The lowest BCUT2D eigenvalue weighted by Gasteiger charge is -2.05. The number of nitrogen functional groups attached to an aromatic ring is 1. The molecule has 0 amide bonds. The minimum atomic E-state index is 0.502. The van der Waals surface area contributed by atoms with Crippen LogP contribution in [0.25, 0.3) is 26.7 Å². The summed E-state index contributed by atoms with van der Waals surface area (Å²) in [5.41, 5.74) is 10.2. The van der Waals surface area contributed by atoms with E-state index in [4.69, 9.17) is 5.73 Å². The van der Waals surface area contributed by atoms with Gasteiger partial charge in [0.2, 0.25) is 0 Å². The Bertz CT molecular complexity index is 968. The SMILES string of the molecule is CN(C)Cc1nc2c(N)nc3cc(C4=CC=NC4)ccc3c2s1. The highest BCUT2D eigenvalue weighted by molar-refractivity contribution is 7.19. The van der Waals surface area contributed by atoms with Gasteiger partial charge < -0.3 is 10.6 Å². The number of rotatable bonds is 3. The zero-order valence-corrected chi connectivity index (χ0v) is 13.9. The van der Waals surface area contributed by atoms with E-state index in [1.807, 2.05) is 26.4 Å². The number of hydrogen-bond acceptors (Lipinski definition) is 6. The second-order valence-electron chi connectivity index (χ2n) is 5.93. The van der Waals surface area contributed by atoms with Crippen molar-refractivity contribution in [2.24, 2.45) is 4.99 Å². The van der Waals surface area contributed by atoms with Crippen LogP contribution in [0.1, 0.15) is 10.6 Å². The number of nitrogens with zero attached hydrogens (tertiary/aromatic N) is 4. The van der Waals surface area contributed by atoms with Crippen LogP contribution in [0.15, 0.2) is 29.3 Å². The number of fused-ring (bicyclic) bond motifs is 3. The number of thiazole rings is 1. The normalized spacial score (nSPS) is 14.3. The molecule has 0 unspecified atom stereocenters.